The van der Waals surface area contributed by atoms with Gasteiger partial charge in [0.05, 0.1) is 0 Å². The Morgan fingerprint density at radius 1 is 1.25 bits per heavy atom. The van der Waals surface area contributed by atoms with Crippen LogP contribution < -0.4 is 11.3 Å². The first-order valence-electron chi connectivity index (χ1n) is 10.2. The van der Waals surface area contributed by atoms with Crippen LogP contribution in [0.25, 0.3) is 0 Å². The van der Waals surface area contributed by atoms with Gasteiger partial charge < -0.3 is 10.7 Å². The SMILES string of the molecule is CN1C(=O)[C@](C[C@H]2CCC[C@@H](CC(=O)c3ccc(=O)[nH]c3)C2)(C2CC2)N=C1N. The number of hydrogen-bond acceptors (Lipinski definition) is 5. The van der Waals surface area contributed by atoms with Gasteiger partial charge in [0.2, 0.25) is 5.56 Å². The van der Waals surface area contributed by atoms with Gasteiger partial charge in [0.1, 0.15) is 5.54 Å². The third kappa shape index (κ3) is 3.50. The van der Waals surface area contributed by atoms with Crippen LogP contribution in [0.2, 0.25) is 0 Å². The summed E-state index contributed by atoms with van der Waals surface area (Å²) in [6, 6.07) is 2.98. The lowest BCUT2D eigenvalue weighted by Gasteiger charge is -2.34. The maximum Gasteiger partial charge on any atom is 0.257 e. The Balaban J connectivity index is 1.42. The van der Waals surface area contributed by atoms with Crippen molar-refractivity contribution >= 4 is 17.6 Å². The lowest BCUT2D eigenvalue weighted by molar-refractivity contribution is -0.131. The molecule has 2 heterocycles. The molecule has 3 aliphatic rings. The van der Waals surface area contributed by atoms with Crippen LogP contribution in [0.1, 0.15) is 61.7 Å². The molecule has 7 nitrogen and oxygen atoms in total. The van der Waals surface area contributed by atoms with Crippen LogP contribution in [0, 0.1) is 17.8 Å². The molecule has 2 fully saturated rings. The number of aliphatic imine (C=N–C) groups is 1. The summed E-state index contributed by atoms with van der Waals surface area (Å²) in [5.74, 6) is 1.44. The number of nitrogens with one attached hydrogen (secondary N) is 1. The first-order valence-corrected chi connectivity index (χ1v) is 10.2. The third-order valence-corrected chi connectivity index (χ3v) is 6.66. The number of ketones is 1. The van der Waals surface area contributed by atoms with E-state index in [1.54, 1.807) is 13.1 Å². The molecule has 3 atom stereocenters. The number of likely N-dealkylation sites (N-methyl/N-ethyl adjacent to an activating group) is 1. The van der Waals surface area contributed by atoms with Crippen LogP contribution in [0.15, 0.2) is 28.1 Å². The molecule has 1 aromatic heterocycles. The topological polar surface area (TPSA) is 109 Å². The minimum atomic E-state index is -0.672. The highest BCUT2D eigenvalue weighted by molar-refractivity contribution is 6.06. The van der Waals surface area contributed by atoms with E-state index in [9.17, 15) is 14.4 Å². The van der Waals surface area contributed by atoms with Gasteiger partial charge in [0.15, 0.2) is 11.7 Å². The highest BCUT2D eigenvalue weighted by atomic mass is 16.2. The molecular formula is C21H28N4O3. The monoisotopic (exact) mass is 384 g/mol. The van der Waals surface area contributed by atoms with E-state index in [0.717, 1.165) is 44.9 Å². The van der Waals surface area contributed by atoms with Crippen molar-refractivity contribution in [2.24, 2.45) is 28.5 Å². The van der Waals surface area contributed by atoms with Crippen molar-refractivity contribution in [2.45, 2.75) is 56.9 Å². The summed E-state index contributed by atoms with van der Waals surface area (Å²) in [5.41, 5.74) is 5.65. The Morgan fingerprint density at radius 3 is 2.61 bits per heavy atom. The number of pyridine rings is 1. The van der Waals surface area contributed by atoms with E-state index in [2.05, 4.69) is 9.98 Å². The minimum Gasteiger partial charge on any atom is -0.369 e. The normalized spacial score (nSPS) is 30.4. The van der Waals surface area contributed by atoms with Gasteiger partial charge in [-0.05, 0) is 55.9 Å². The number of nitrogens with two attached hydrogens (primary N) is 1. The number of aromatic amines is 1. The molecule has 2 aliphatic carbocycles. The van der Waals surface area contributed by atoms with Gasteiger partial charge in [-0.1, -0.05) is 12.8 Å². The maximum atomic E-state index is 12.9. The van der Waals surface area contributed by atoms with E-state index in [-0.39, 0.29) is 17.2 Å². The smallest absolute Gasteiger partial charge is 0.257 e. The number of H-pyrrole nitrogens is 1. The molecule has 0 unspecified atom stereocenters. The van der Waals surface area contributed by atoms with Crippen LogP contribution in [0.5, 0.6) is 0 Å². The summed E-state index contributed by atoms with van der Waals surface area (Å²) in [6.07, 6.45) is 8.91. The molecule has 1 aromatic rings. The number of aromatic nitrogens is 1. The molecule has 28 heavy (non-hydrogen) atoms. The van der Waals surface area contributed by atoms with E-state index >= 15 is 0 Å². The lowest BCUT2D eigenvalue weighted by Crippen LogP contribution is -2.45. The number of guanidine groups is 1. The molecule has 1 aliphatic heterocycles. The van der Waals surface area contributed by atoms with Crippen LogP contribution in [-0.2, 0) is 4.79 Å². The van der Waals surface area contributed by atoms with Crippen molar-refractivity contribution in [1.29, 1.82) is 0 Å². The summed E-state index contributed by atoms with van der Waals surface area (Å²) >= 11 is 0. The van der Waals surface area contributed by atoms with Crippen LogP contribution in [0.4, 0.5) is 0 Å². The zero-order valence-electron chi connectivity index (χ0n) is 16.3. The van der Waals surface area contributed by atoms with Crippen LogP contribution in [-0.4, -0.2) is 40.1 Å². The first kappa shape index (κ1) is 18.9. The van der Waals surface area contributed by atoms with Crippen molar-refractivity contribution in [1.82, 2.24) is 9.88 Å². The molecule has 150 valence electrons. The van der Waals surface area contributed by atoms with E-state index in [0.29, 0.717) is 35.7 Å². The number of carbonyl (C=O) groups excluding carboxylic acids is 2. The number of rotatable bonds is 6. The molecule has 0 bridgehead atoms. The van der Waals surface area contributed by atoms with Crippen molar-refractivity contribution in [3.8, 4) is 0 Å². The fourth-order valence-corrected chi connectivity index (χ4v) is 5.03. The van der Waals surface area contributed by atoms with Crippen molar-refractivity contribution in [3.63, 3.8) is 0 Å². The Labute approximate surface area is 164 Å². The zero-order valence-corrected chi connectivity index (χ0v) is 16.3. The second-order valence-electron chi connectivity index (χ2n) is 8.70. The fraction of sp³-hybridized carbons (Fsp3) is 0.619. The van der Waals surface area contributed by atoms with Gasteiger partial charge in [-0.25, -0.2) is 4.99 Å². The van der Waals surface area contributed by atoms with E-state index < -0.39 is 5.54 Å². The van der Waals surface area contributed by atoms with Gasteiger partial charge >= 0.3 is 0 Å². The largest absolute Gasteiger partial charge is 0.369 e. The predicted molar refractivity (Wildman–Crippen MR) is 106 cm³/mol. The molecule has 0 radical (unpaired) electrons. The molecule has 0 saturated heterocycles. The molecular weight excluding hydrogens is 356 g/mol. The minimum absolute atomic E-state index is 0.0407. The summed E-state index contributed by atoms with van der Waals surface area (Å²) in [5, 5.41) is 0. The van der Waals surface area contributed by atoms with E-state index in [1.165, 1.54) is 17.2 Å². The lowest BCUT2D eigenvalue weighted by atomic mass is 9.72. The van der Waals surface area contributed by atoms with Crippen LogP contribution >= 0.6 is 0 Å². The molecule has 0 aromatic carbocycles. The highest BCUT2D eigenvalue weighted by Gasteiger charge is 2.56. The molecule has 4 rings (SSSR count). The Hall–Kier alpha value is -2.44. The van der Waals surface area contributed by atoms with Crippen LogP contribution in [0.3, 0.4) is 0 Å². The molecule has 1 amide bonds. The second kappa shape index (κ2) is 7.18. The van der Waals surface area contributed by atoms with E-state index in [1.807, 2.05) is 0 Å². The average molecular weight is 384 g/mol. The van der Waals surface area contributed by atoms with E-state index in [4.69, 9.17) is 5.73 Å². The van der Waals surface area contributed by atoms with Gasteiger partial charge in [-0.3, -0.25) is 19.3 Å². The Morgan fingerprint density at radius 2 is 2.00 bits per heavy atom. The molecule has 7 heteroatoms. The standard InChI is InChI=1S/C21H28N4O3/c1-25-19(28)21(16-6-7-16,24-20(25)22)11-14-4-2-3-13(9-14)10-17(26)15-5-8-18(27)23-12-15/h5,8,12-14,16H,2-4,6-7,9-11H2,1H3,(H2,22,24)(H,23,27)/t13-,14+,21+/m1/s1. The molecule has 2 saturated carbocycles. The van der Waals surface area contributed by atoms with Crippen molar-refractivity contribution < 1.29 is 9.59 Å². The number of nitrogens with zero attached hydrogens (tertiary/aromatic N) is 2. The zero-order chi connectivity index (χ0) is 19.9. The number of hydrogen-bond donors (Lipinski definition) is 2. The molecule has 0 spiro atoms. The number of amides is 1. The predicted octanol–water partition coefficient (Wildman–Crippen LogP) is 2.08. The summed E-state index contributed by atoms with van der Waals surface area (Å²) in [4.78, 5) is 45.4. The third-order valence-electron chi connectivity index (χ3n) is 6.66. The Bertz CT molecular complexity index is 852. The number of carbonyl (C=O) groups is 2. The maximum absolute atomic E-state index is 12.9. The summed E-state index contributed by atoms with van der Waals surface area (Å²) in [7, 11) is 1.71. The molecule has 3 N–H and O–H groups in total. The fourth-order valence-electron chi connectivity index (χ4n) is 5.03. The first-order chi connectivity index (χ1) is 13.4. The summed E-state index contributed by atoms with van der Waals surface area (Å²) in [6.45, 7) is 0. The van der Waals surface area contributed by atoms with Crippen molar-refractivity contribution in [3.05, 3.63) is 34.2 Å². The Kier molecular flexibility index (Phi) is 4.85. The summed E-state index contributed by atoms with van der Waals surface area (Å²) < 4.78 is 0. The van der Waals surface area contributed by atoms with Crippen molar-refractivity contribution in [2.75, 3.05) is 7.05 Å². The quantitative estimate of drug-likeness (QED) is 0.732. The second-order valence-corrected chi connectivity index (χ2v) is 8.70. The average Bonchev–Trinajstić information content (AvgIpc) is 3.49. The highest BCUT2D eigenvalue weighted by Crippen LogP contribution is 2.50. The van der Waals surface area contributed by atoms with Gasteiger partial charge in [0.25, 0.3) is 5.91 Å². The number of Topliss-reactive ketones (excluding diaryl/α,β-unsaturated/α-hetero) is 1. The van der Waals surface area contributed by atoms with Gasteiger partial charge in [-0.15, -0.1) is 0 Å². The van der Waals surface area contributed by atoms with Gasteiger partial charge in [0, 0.05) is 31.3 Å². The van der Waals surface area contributed by atoms with Gasteiger partial charge in [-0.2, -0.15) is 0 Å².